The molecule has 1 radical (unpaired) electrons. The van der Waals surface area contributed by atoms with Gasteiger partial charge in [-0.3, -0.25) is 0 Å². The molecule has 0 atom stereocenters. The Bertz CT molecular complexity index is 974. The normalized spacial score (nSPS) is 18.6. The highest BCUT2D eigenvalue weighted by atomic mass is 15.3. The highest BCUT2D eigenvalue weighted by Crippen LogP contribution is 2.26. The van der Waals surface area contributed by atoms with E-state index in [1.165, 1.54) is 50.4 Å². The molecule has 3 aromatic rings. The number of benzene rings is 1. The summed E-state index contributed by atoms with van der Waals surface area (Å²) in [5.74, 6) is 2.54. The van der Waals surface area contributed by atoms with Crippen LogP contribution in [-0.2, 0) is 0 Å². The summed E-state index contributed by atoms with van der Waals surface area (Å²) in [5, 5.41) is 1.11. The zero-order chi connectivity index (χ0) is 20.9. The second-order valence-electron chi connectivity index (χ2n) is 8.78. The van der Waals surface area contributed by atoms with E-state index >= 15 is 0 Å². The summed E-state index contributed by atoms with van der Waals surface area (Å²) >= 11 is 0. The van der Waals surface area contributed by atoms with E-state index in [0.29, 0.717) is 5.82 Å². The molecule has 1 aliphatic carbocycles. The number of rotatable bonds is 4. The molecule has 159 valence electrons. The highest BCUT2D eigenvalue weighted by Gasteiger charge is 2.22. The van der Waals surface area contributed by atoms with Crippen molar-refractivity contribution in [3.05, 3.63) is 43.0 Å². The van der Waals surface area contributed by atoms with Crippen molar-refractivity contribution in [3.8, 4) is 0 Å². The number of nitrogens with zero attached hydrogens (tertiary/aromatic N) is 6. The number of para-hydroxylation sites is 1. The first-order valence-corrected chi connectivity index (χ1v) is 11.7. The predicted molar refractivity (Wildman–Crippen MR) is 127 cm³/mol. The second-order valence-corrected chi connectivity index (χ2v) is 8.78. The summed E-state index contributed by atoms with van der Waals surface area (Å²) in [7, 11) is 2.40. The Hall–Kier alpha value is -2.70. The van der Waals surface area contributed by atoms with Crippen LogP contribution in [0.2, 0.25) is 5.82 Å². The minimum absolute atomic E-state index is 0.681. The van der Waals surface area contributed by atoms with Crippen LogP contribution < -0.4 is 15.3 Å². The number of hydrogen-bond donors (Lipinski definition) is 0. The molecule has 0 amide bonds. The Labute approximate surface area is 185 Å². The number of piperazine rings is 1. The van der Waals surface area contributed by atoms with Crippen LogP contribution in [0.1, 0.15) is 44.9 Å². The smallest absolute Gasteiger partial charge is 0.225 e. The van der Waals surface area contributed by atoms with Crippen molar-refractivity contribution in [2.45, 2.75) is 50.8 Å². The predicted octanol–water partition coefficient (Wildman–Crippen LogP) is 3.61. The maximum absolute atomic E-state index is 4.70. The van der Waals surface area contributed by atoms with Gasteiger partial charge in [0.2, 0.25) is 5.95 Å². The third kappa shape index (κ3) is 4.81. The van der Waals surface area contributed by atoms with Crippen LogP contribution in [0.3, 0.4) is 0 Å². The van der Waals surface area contributed by atoms with Crippen LogP contribution in [0.5, 0.6) is 0 Å². The second kappa shape index (κ2) is 9.63. The molecule has 2 fully saturated rings. The molecule has 1 saturated carbocycles. The number of hydrogen-bond acceptors (Lipinski definition) is 6. The molecule has 0 spiro atoms. The van der Waals surface area contributed by atoms with E-state index in [2.05, 4.69) is 39.2 Å². The third-order valence-corrected chi connectivity index (χ3v) is 6.62. The van der Waals surface area contributed by atoms with Crippen LogP contribution in [0.15, 0.2) is 43.0 Å². The van der Waals surface area contributed by atoms with Gasteiger partial charge in [-0.1, -0.05) is 68.4 Å². The molecule has 0 unspecified atom stereocenters. The van der Waals surface area contributed by atoms with Crippen LogP contribution in [-0.4, -0.2) is 53.4 Å². The third-order valence-electron chi connectivity index (χ3n) is 6.62. The topological polar surface area (TPSA) is 58.0 Å². The van der Waals surface area contributed by atoms with E-state index in [1.54, 1.807) is 6.33 Å². The summed E-state index contributed by atoms with van der Waals surface area (Å²) in [6.07, 6.45) is 15.2. The largest absolute Gasteiger partial charge is 0.352 e. The molecule has 2 aromatic heterocycles. The first-order chi connectivity index (χ1) is 15.4. The van der Waals surface area contributed by atoms with Crippen molar-refractivity contribution < 1.29 is 0 Å². The van der Waals surface area contributed by atoms with Gasteiger partial charge >= 0.3 is 0 Å². The number of aromatic nitrogens is 4. The summed E-state index contributed by atoms with van der Waals surface area (Å²) < 4.78 is 0. The van der Waals surface area contributed by atoms with Crippen LogP contribution >= 0.6 is 0 Å². The maximum atomic E-state index is 4.70. The minimum atomic E-state index is 0.681. The van der Waals surface area contributed by atoms with Crippen LogP contribution in [0.4, 0.5) is 11.8 Å². The standard InChI is InChI=1S/C24H30BN6/c1-2-4-8-19(9-5-3-1)25-20-16-26-24(27-17-20)31-14-12-30(13-15-31)23-21-10-6-7-11-22(21)28-18-29-23/h6-7,10-11,16-19H,1-5,8-9,12-15H2. The van der Waals surface area contributed by atoms with Gasteiger partial charge in [0.25, 0.3) is 0 Å². The molecule has 1 aliphatic heterocycles. The van der Waals surface area contributed by atoms with E-state index in [-0.39, 0.29) is 0 Å². The lowest BCUT2D eigenvalue weighted by molar-refractivity contribution is 0.502. The van der Waals surface area contributed by atoms with Crippen molar-refractivity contribution >= 4 is 35.4 Å². The van der Waals surface area contributed by atoms with Crippen molar-refractivity contribution in [2.75, 3.05) is 36.0 Å². The fraction of sp³-hybridized carbons (Fsp3) is 0.500. The summed E-state index contributed by atoms with van der Waals surface area (Å²) in [6.45, 7) is 3.59. The molecule has 1 saturated heterocycles. The van der Waals surface area contributed by atoms with E-state index in [1.807, 2.05) is 24.5 Å². The molecule has 0 N–H and O–H groups in total. The molecule has 2 aliphatic rings. The SMILES string of the molecule is [B](c1cnc(N2CCN(c3ncnc4ccccc34)CC2)nc1)C1CCCCCCC1. The molecule has 5 rings (SSSR count). The Morgan fingerprint density at radius 3 is 2.19 bits per heavy atom. The number of anilines is 2. The zero-order valence-corrected chi connectivity index (χ0v) is 18.2. The van der Waals surface area contributed by atoms with E-state index < -0.39 is 0 Å². The van der Waals surface area contributed by atoms with Gasteiger partial charge in [0, 0.05) is 44.0 Å². The van der Waals surface area contributed by atoms with Gasteiger partial charge in [-0.2, -0.15) is 0 Å². The summed E-state index contributed by atoms with van der Waals surface area (Å²) in [6, 6.07) is 8.21. The van der Waals surface area contributed by atoms with Crippen molar-refractivity contribution in [1.82, 2.24) is 19.9 Å². The first kappa shape index (κ1) is 20.2. The van der Waals surface area contributed by atoms with Crippen LogP contribution in [0.25, 0.3) is 10.9 Å². The minimum Gasteiger partial charge on any atom is -0.352 e. The molecular weight excluding hydrogens is 383 g/mol. The van der Waals surface area contributed by atoms with Gasteiger partial charge in [0.05, 0.1) is 5.52 Å². The Morgan fingerprint density at radius 1 is 0.742 bits per heavy atom. The van der Waals surface area contributed by atoms with E-state index in [4.69, 9.17) is 9.97 Å². The molecule has 31 heavy (non-hydrogen) atoms. The Kier molecular flexibility index (Phi) is 6.28. The average Bonchev–Trinajstić information content (AvgIpc) is 2.81. The monoisotopic (exact) mass is 413 g/mol. The quantitative estimate of drug-likeness (QED) is 0.609. The van der Waals surface area contributed by atoms with Crippen LogP contribution in [0, 0.1) is 0 Å². The van der Waals surface area contributed by atoms with Gasteiger partial charge in [-0.15, -0.1) is 0 Å². The summed E-state index contributed by atoms with van der Waals surface area (Å²) in [5.41, 5.74) is 2.16. The fourth-order valence-electron chi connectivity index (χ4n) is 4.87. The first-order valence-electron chi connectivity index (χ1n) is 11.7. The zero-order valence-electron chi connectivity index (χ0n) is 18.2. The molecule has 0 bridgehead atoms. The molecule has 6 nitrogen and oxygen atoms in total. The molecule has 3 heterocycles. The lowest BCUT2D eigenvalue weighted by Gasteiger charge is -2.35. The summed E-state index contributed by atoms with van der Waals surface area (Å²) in [4.78, 5) is 23.0. The van der Waals surface area contributed by atoms with Crippen molar-refractivity contribution in [3.63, 3.8) is 0 Å². The van der Waals surface area contributed by atoms with Gasteiger partial charge in [0.1, 0.15) is 12.1 Å². The molecular formula is C24H30BN6. The highest BCUT2D eigenvalue weighted by molar-refractivity contribution is 6.54. The lowest BCUT2D eigenvalue weighted by atomic mass is 9.56. The number of fused-ring (bicyclic) bond motifs is 1. The van der Waals surface area contributed by atoms with Gasteiger partial charge in [-0.25, -0.2) is 19.9 Å². The van der Waals surface area contributed by atoms with Gasteiger partial charge in [0.15, 0.2) is 7.28 Å². The Balaban J connectivity index is 1.19. The van der Waals surface area contributed by atoms with Gasteiger partial charge in [-0.05, 0) is 12.1 Å². The average molecular weight is 413 g/mol. The maximum Gasteiger partial charge on any atom is 0.225 e. The van der Waals surface area contributed by atoms with Crippen molar-refractivity contribution in [1.29, 1.82) is 0 Å². The van der Waals surface area contributed by atoms with Gasteiger partial charge < -0.3 is 9.80 Å². The lowest BCUT2D eigenvalue weighted by Crippen LogP contribution is -2.47. The van der Waals surface area contributed by atoms with Crippen molar-refractivity contribution in [2.24, 2.45) is 0 Å². The Morgan fingerprint density at radius 2 is 1.42 bits per heavy atom. The van der Waals surface area contributed by atoms with E-state index in [9.17, 15) is 0 Å². The van der Waals surface area contributed by atoms with E-state index in [0.717, 1.165) is 48.8 Å². The molecule has 1 aromatic carbocycles. The molecule has 7 heteroatoms. The fourth-order valence-corrected chi connectivity index (χ4v) is 4.87.